The van der Waals surface area contributed by atoms with Crippen LogP contribution in [0.4, 0.5) is 0 Å². The van der Waals surface area contributed by atoms with E-state index in [0.717, 1.165) is 47.9 Å². The lowest BCUT2D eigenvalue weighted by molar-refractivity contribution is 0.232. The van der Waals surface area contributed by atoms with Crippen molar-refractivity contribution in [2.75, 3.05) is 42.2 Å². The summed E-state index contributed by atoms with van der Waals surface area (Å²) in [7, 11) is 7.61. The normalized spacial score (nSPS) is 12.0. The fourth-order valence-corrected chi connectivity index (χ4v) is 4.67. The highest BCUT2D eigenvalue weighted by molar-refractivity contribution is 5.81. The number of hydrogen-bond acceptors (Lipinski definition) is 8. The van der Waals surface area contributed by atoms with Crippen molar-refractivity contribution in [1.82, 2.24) is 0 Å². The van der Waals surface area contributed by atoms with Gasteiger partial charge < -0.3 is 38.6 Å². The molecule has 0 heterocycles. The SMILES string of the molecule is CCCCC(CC)COc1cc(C=Cc2cc(OC)c(O)c(OC)c2)cc(OC)c1C=Cc1cc(OC)c(O)c(OC)c1. The van der Waals surface area contributed by atoms with Crippen LogP contribution in [0.1, 0.15) is 61.8 Å². The molecule has 0 bridgehead atoms. The summed E-state index contributed by atoms with van der Waals surface area (Å²) >= 11 is 0. The molecule has 0 fully saturated rings. The number of phenolic OH excluding ortho intramolecular Hbond substituents is 2. The second-order valence-electron chi connectivity index (χ2n) is 10.1. The predicted molar refractivity (Wildman–Crippen MR) is 172 cm³/mol. The standard InChI is InChI=1S/C35H44O8/c1-8-10-11-23(9-2)22-43-29-17-24(12-13-25-18-30(39-4)34(36)31(19-25)40-5)16-28(38-3)27(29)15-14-26-20-32(41-6)35(37)33(21-26)42-7/h12-21,23,36-37H,8-11,22H2,1-7H3. The third-order valence-electron chi connectivity index (χ3n) is 7.28. The van der Waals surface area contributed by atoms with Gasteiger partial charge in [-0.1, -0.05) is 51.3 Å². The van der Waals surface area contributed by atoms with Crippen LogP contribution in [-0.4, -0.2) is 52.4 Å². The number of phenols is 2. The van der Waals surface area contributed by atoms with Gasteiger partial charge >= 0.3 is 0 Å². The summed E-state index contributed by atoms with van der Waals surface area (Å²) in [6.45, 7) is 4.97. The van der Waals surface area contributed by atoms with Crippen LogP contribution < -0.4 is 28.4 Å². The topological polar surface area (TPSA) is 95.8 Å². The van der Waals surface area contributed by atoms with Crippen molar-refractivity contribution in [2.45, 2.75) is 39.5 Å². The molecule has 0 amide bonds. The third-order valence-corrected chi connectivity index (χ3v) is 7.28. The first kappa shape index (κ1) is 33.0. The number of hydrogen-bond donors (Lipinski definition) is 2. The highest BCUT2D eigenvalue weighted by atomic mass is 16.5. The van der Waals surface area contributed by atoms with Crippen molar-refractivity contribution < 1.29 is 38.6 Å². The van der Waals surface area contributed by atoms with Gasteiger partial charge in [0.25, 0.3) is 0 Å². The Morgan fingerprint density at radius 2 is 0.977 bits per heavy atom. The maximum absolute atomic E-state index is 10.3. The molecule has 43 heavy (non-hydrogen) atoms. The molecule has 0 aliphatic rings. The van der Waals surface area contributed by atoms with E-state index in [4.69, 9.17) is 28.4 Å². The van der Waals surface area contributed by atoms with Crippen LogP contribution in [0.15, 0.2) is 36.4 Å². The molecular weight excluding hydrogens is 548 g/mol. The van der Waals surface area contributed by atoms with Gasteiger partial charge in [0.15, 0.2) is 23.0 Å². The molecule has 0 aromatic heterocycles. The Hall–Kier alpha value is -4.46. The number of aromatic hydroxyl groups is 2. The molecule has 3 aromatic carbocycles. The molecule has 3 aromatic rings. The smallest absolute Gasteiger partial charge is 0.200 e. The molecular formula is C35H44O8. The second-order valence-corrected chi connectivity index (χ2v) is 10.1. The summed E-state index contributed by atoms with van der Waals surface area (Å²) in [6, 6.07) is 10.9. The van der Waals surface area contributed by atoms with Crippen molar-refractivity contribution in [3.8, 4) is 46.0 Å². The molecule has 0 saturated heterocycles. The van der Waals surface area contributed by atoms with Crippen LogP contribution in [-0.2, 0) is 0 Å². The monoisotopic (exact) mass is 592 g/mol. The highest BCUT2D eigenvalue weighted by Crippen LogP contribution is 2.40. The first-order chi connectivity index (χ1) is 20.8. The van der Waals surface area contributed by atoms with Crippen molar-refractivity contribution in [1.29, 1.82) is 0 Å². The van der Waals surface area contributed by atoms with Gasteiger partial charge in [-0.25, -0.2) is 0 Å². The van der Waals surface area contributed by atoms with Crippen LogP contribution in [0.25, 0.3) is 24.3 Å². The minimum Gasteiger partial charge on any atom is -0.502 e. The van der Waals surface area contributed by atoms with Gasteiger partial charge in [-0.3, -0.25) is 0 Å². The van der Waals surface area contributed by atoms with Gasteiger partial charge in [0.1, 0.15) is 11.5 Å². The Morgan fingerprint density at radius 3 is 1.37 bits per heavy atom. The van der Waals surface area contributed by atoms with E-state index < -0.39 is 0 Å². The number of benzene rings is 3. The summed E-state index contributed by atoms with van der Waals surface area (Å²) < 4.78 is 33.6. The second kappa shape index (κ2) is 16.2. The first-order valence-corrected chi connectivity index (χ1v) is 14.4. The van der Waals surface area contributed by atoms with E-state index in [2.05, 4.69) is 13.8 Å². The minimum atomic E-state index is -0.0542. The Kier molecular flexibility index (Phi) is 12.5. The number of rotatable bonds is 16. The Bertz CT molecular complexity index is 1360. The van der Waals surface area contributed by atoms with Crippen molar-refractivity contribution >= 4 is 24.3 Å². The molecule has 1 atom stereocenters. The molecule has 232 valence electrons. The maximum Gasteiger partial charge on any atom is 0.200 e. The number of ether oxygens (including phenoxy) is 6. The van der Waals surface area contributed by atoms with E-state index in [-0.39, 0.29) is 11.5 Å². The van der Waals surface area contributed by atoms with Gasteiger partial charge in [0.2, 0.25) is 11.5 Å². The Balaban J connectivity index is 2.06. The maximum atomic E-state index is 10.3. The van der Waals surface area contributed by atoms with E-state index in [1.807, 2.05) is 36.4 Å². The van der Waals surface area contributed by atoms with Gasteiger partial charge in [0.05, 0.1) is 47.7 Å². The third kappa shape index (κ3) is 8.53. The van der Waals surface area contributed by atoms with E-state index in [9.17, 15) is 10.2 Å². The summed E-state index contributed by atoms with van der Waals surface area (Å²) in [6.07, 6.45) is 12.1. The van der Waals surface area contributed by atoms with E-state index in [1.54, 1.807) is 31.4 Å². The molecule has 3 rings (SSSR count). The van der Waals surface area contributed by atoms with Gasteiger partial charge in [-0.05, 0) is 71.5 Å². The van der Waals surface area contributed by atoms with Crippen molar-refractivity contribution in [3.63, 3.8) is 0 Å². The van der Waals surface area contributed by atoms with Gasteiger partial charge in [-0.15, -0.1) is 0 Å². The van der Waals surface area contributed by atoms with E-state index in [1.165, 1.54) is 28.4 Å². The quantitative estimate of drug-likeness (QED) is 0.161. The van der Waals surface area contributed by atoms with E-state index in [0.29, 0.717) is 47.0 Å². The zero-order valence-electron chi connectivity index (χ0n) is 26.2. The van der Waals surface area contributed by atoms with Crippen molar-refractivity contribution in [2.24, 2.45) is 5.92 Å². The molecule has 8 nitrogen and oxygen atoms in total. The average molecular weight is 593 g/mol. The van der Waals surface area contributed by atoms with Crippen LogP contribution in [0.2, 0.25) is 0 Å². The fraction of sp³-hybridized carbons (Fsp3) is 0.371. The predicted octanol–water partition coefficient (Wildman–Crippen LogP) is 8.08. The average Bonchev–Trinajstić information content (AvgIpc) is 3.03. The van der Waals surface area contributed by atoms with E-state index >= 15 is 0 Å². The Morgan fingerprint density at radius 1 is 0.581 bits per heavy atom. The lowest BCUT2D eigenvalue weighted by atomic mass is 10.0. The van der Waals surface area contributed by atoms with Crippen LogP contribution >= 0.6 is 0 Å². The largest absolute Gasteiger partial charge is 0.502 e. The Labute approximate surface area is 255 Å². The van der Waals surface area contributed by atoms with Crippen LogP contribution in [0, 0.1) is 5.92 Å². The van der Waals surface area contributed by atoms with Gasteiger partial charge in [-0.2, -0.15) is 0 Å². The molecule has 0 spiro atoms. The van der Waals surface area contributed by atoms with Crippen LogP contribution in [0.5, 0.6) is 46.0 Å². The fourth-order valence-electron chi connectivity index (χ4n) is 4.67. The minimum absolute atomic E-state index is 0.0481. The highest BCUT2D eigenvalue weighted by Gasteiger charge is 2.15. The number of methoxy groups -OCH3 is 5. The molecule has 2 N–H and O–H groups in total. The molecule has 1 unspecified atom stereocenters. The summed E-state index contributed by atoms with van der Waals surface area (Å²) in [5, 5.41) is 20.6. The summed E-state index contributed by atoms with van der Waals surface area (Å²) in [5.41, 5.74) is 3.21. The number of unbranched alkanes of at least 4 members (excludes halogenated alkanes) is 1. The first-order valence-electron chi connectivity index (χ1n) is 14.4. The summed E-state index contributed by atoms with van der Waals surface area (Å²) in [5.74, 6) is 2.91. The molecule has 0 radical (unpaired) electrons. The van der Waals surface area contributed by atoms with Crippen LogP contribution in [0.3, 0.4) is 0 Å². The molecule has 0 aliphatic heterocycles. The molecule has 0 aliphatic carbocycles. The molecule has 0 saturated carbocycles. The van der Waals surface area contributed by atoms with Gasteiger partial charge in [0, 0.05) is 0 Å². The zero-order chi connectivity index (χ0) is 31.4. The van der Waals surface area contributed by atoms with Crippen molar-refractivity contribution in [3.05, 3.63) is 58.7 Å². The zero-order valence-corrected chi connectivity index (χ0v) is 26.2. The lowest BCUT2D eigenvalue weighted by Crippen LogP contribution is -2.12. The lowest BCUT2D eigenvalue weighted by Gasteiger charge is -2.19. The molecule has 8 heteroatoms. The summed E-state index contributed by atoms with van der Waals surface area (Å²) in [4.78, 5) is 0.